The number of carbonyl (C=O) groups is 2. The molecule has 3 heterocycles. The molecule has 0 saturated carbocycles. The molecule has 0 unspecified atom stereocenters. The van der Waals surface area contributed by atoms with Crippen LogP contribution in [0.5, 0.6) is 0 Å². The van der Waals surface area contributed by atoms with Gasteiger partial charge in [0, 0.05) is 61.9 Å². The standard InChI is InChI=1S/C29H35F5N4O3S/c1-21-16-27-24(18-26(21)28(39)6-3-9-36-12-14-41-15-13-36)20-38(35-27)19-22-7-10-37(11-8-22)29(40)23-4-2-5-25(17-23)42(30,31,32,33)34/h2,4-5,16-18,20,22H,3,6-15,19H2,1H3. The normalized spacial score (nSPS) is 19.0. The molecule has 0 aliphatic carbocycles. The number of morpholine rings is 1. The van der Waals surface area contributed by atoms with Gasteiger partial charge in [-0.3, -0.25) is 19.2 Å². The van der Waals surface area contributed by atoms with E-state index in [-0.39, 0.29) is 17.8 Å². The fourth-order valence-corrected chi connectivity index (χ4v) is 6.36. The smallest absolute Gasteiger partial charge is 0.310 e. The number of hydrogen-bond acceptors (Lipinski definition) is 5. The first-order valence-electron chi connectivity index (χ1n) is 14.1. The number of rotatable bonds is 9. The number of nitrogens with zero attached hydrogens (tertiary/aromatic N) is 4. The number of piperidine rings is 1. The van der Waals surface area contributed by atoms with E-state index < -0.39 is 26.6 Å². The predicted octanol–water partition coefficient (Wildman–Crippen LogP) is 6.85. The van der Waals surface area contributed by atoms with Crippen LogP contribution in [0.3, 0.4) is 0 Å². The molecule has 5 rings (SSSR count). The molecule has 0 N–H and O–H groups in total. The lowest BCUT2D eigenvalue weighted by Crippen LogP contribution is -2.39. The van der Waals surface area contributed by atoms with Gasteiger partial charge < -0.3 is 9.64 Å². The van der Waals surface area contributed by atoms with Gasteiger partial charge in [0.25, 0.3) is 5.91 Å². The van der Waals surface area contributed by atoms with Crippen molar-refractivity contribution in [3.05, 3.63) is 59.3 Å². The van der Waals surface area contributed by atoms with E-state index >= 15 is 0 Å². The molecule has 0 bridgehead atoms. The number of fused-ring (bicyclic) bond motifs is 1. The van der Waals surface area contributed by atoms with Crippen LogP contribution in [-0.4, -0.2) is 77.2 Å². The SMILES string of the molecule is Cc1cc2nn(CC3CCN(C(=O)c4cccc(S(F)(F)(F)(F)F)c4)CC3)cc2cc1C(=O)CCCN1CCOCC1. The predicted molar refractivity (Wildman–Crippen MR) is 152 cm³/mol. The Morgan fingerprint density at radius 1 is 1.00 bits per heavy atom. The highest BCUT2D eigenvalue weighted by molar-refractivity contribution is 8.45. The molecule has 2 fully saturated rings. The molecule has 42 heavy (non-hydrogen) atoms. The quantitative estimate of drug-likeness (QED) is 0.195. The molecule has 0 atom stereocenters. The fraction of sp³-hybridized carbons (Fsp3) is 0.483. The lowest BCUT2D eigenvalue weighted by Gasteiger charge is -2.40. The van der Waals surface area contributed by atoms with Gasteiger partial charge in [0.1, 0.15) is 4.90 Å². The van der Waals surface area contributed by atoms with Gasteiger partial charge >= 0.3 is 10.2 Å². The summed E-state index contributed by atoms with van der Waals surface area (Å²) in [4.78, 5) is 27.4. The van der Waals surface area contributed by atoms with Crippen LogP contribution in [0.2, 0.25) is 0 Å². The summed E-state index contributed by atoms with van der Waals surface area (Å²) in [6.45, 7) is 7.21. The van der Waals surface area contributed by atoms with Crippen LogP contribution in [0.15, 0.2) is 47.5 Å². The van der Waals surface area contributed by atoms with E-state index in [0.717, 1.165) is 67.9 Å². The molecule has 0 spiro atoms. The number of aryl methyl sites for hydroxylation is 1. The summed E-state index contributed by atoms with van der Waals surface area (Å²) in [6.07, 6.45) is 4.35. The summed E-state index contributed by atoms with van der Waals surface area (Å²) in [6, 6.07) is 6.32. The second kappa shape index (κ2) is 10.9. The lowest BCUT2D eigenvalue weighted by molar-refractivity contribution is 0.0371. The van der Waals surface area contributed by atoms with Gasteiger partial charge in [-0.1, -0.05) is 25.5 Å². The zero-order chi connectivity index (χ0) is 30.2. The average Bonchev–Trinajstić information content (AvgIpc) is 3.33. The zero-order valence-corrected chi connectivity index (χ0v) is 24.2. The lowest BCUT2D eigenvalue weighted by atomic mass is 9.96. The van der Waals surface area contributed by atoms with Crippen LogP contribution in [0, 0.1) is 12.8 Å². The minimum absolute atomic E-state index is 0.110. The molecule has 13 heteroatoms. The molecule has 2 aromatic carbocycles. The van der Waals surface area contributed by atoms with Crippen molar-refractivity contribution in [2.75, 3.05) is 45.9 Å². The third-order valence-electron chi connectivity index (χ3n) is 8.05. The number of Topliss-reactive ketones (excluding diaryl/α,β-unsaturated/α-hetero) is 1. The highest BCUT2D eigenvalue weighted by atomic mass is 32.5. The van der Waals surface area contributed by atoms with E-state index in [2.05, 4.69) is 10.00 Å². The average molecular weight is 615 g/mol. The van der Waals surface area contributed by atoms with E-state index in [4.69, 9.17) is 4.74 Å². The molecular weight excluding hydrogens is 579 g/mol. The van der Waals surface area contributed by atoms with E-state index in [9.17, 15) is 29.0 Å². The minimum atomic E-state index is -9.88. The molecule has 2 aliphatic rings. The molecule has 2 saturated heterocycles. The molecule has 0 radical (unpaired) electrons. The number of ether oxygens (including phenoxy) is 1. The second-order valence-corrected chi connectivity index (χ2v) is 13.7. The summed E-state index contributed by atoms with van der Waals surface area (Å²) >= 11 is 0. The first-order valence-corrected chi connectivity index (χ1v) is 16.1. The van der Waals surface area contributed by atoms with Crippen LogP contribution in [0.25, 0.3) is 10.9 Å². The third kappa shape index (κ3) is 7.30. The number of aromatic nitrogens is 2. The van der Waals surface area contributed by atoms with Crippen LogP contribution in [0.4, 0.5) is 19.4 Å². The second-order valence-electron chi connectivity index (χ2n) is 11.3. The molecule has 230 valence electrons. The maximum absolute atomic E-state index is 13.2. The molecular formula is C29H35F5N4O3S. The maximum Gasteiger partial charge on any atom is 0.310 e. The Morgan fingerprint density at radius 2 is 1.71 bits per heavy atom. The Balaban J connectivity index is 1.17. The first-order chi connectivity index (χ1) is 19.7. The largest absolute Gasteiger partial charge is 0.379 e. The van der Waals surface area contributed by atoms with Crippen LogP contribution < -0.4 is 0 Å². The topological polar surface area (TPSA) is 67.7 Å². The van der Waals surface area contributed by atoms with E-state index in [1.807, 2.05) is 29.9 Å². The maximum atomic E-state index is 13.2. The number of halogens is 5. The van der Waals surface area contributed by atoms with E-state index in [0.29, 0.717) is 50.5 Å². The molecule has 1 aromatic heterocycles. The zero-order valence-electron chi connectivity index (χ0n) is 23.4. The van der Waals surface area contributed by atoms with Crippen LogP contribution in [0.1, 0.15) is 52.0 Å². The van der Waals surface area contributed by atoms with Gasteiger partial charge in [-0.15, -0.1) is 0 Å². The highest BCUT2D eigenvalue weighted by Gasteiger charge is 2.65. The van der Waals surface area contributed by atoms with E-state index in [1.165, 1.54) is 4.90 Å². The van der Waals surface area contributed by atoms with Crippen molar-refractivity contribution in [1.29, 1.82) is 0 Å². The van der Waals surface area contributed by atoms with Crippen LogP contribution >= 0.6 is 10.2 Å². The monoisotopic (exact) mass is 614 g/mol. The van der Waals surface area contributed by atoms with Crippen molar-refractivity contribution in [1.82, 2.24) is 19.6 Å². The number of amides is 1. The summed E-state index contributed by atoms with van der Waals surface area (Å²) in [5, 5.41) is 5.54. The van der Waals surface area contributed by atoms with Gasteiger partial charge in [-0.2, -0.15) is 5.10 Å². The highest BCUT2D eigenvalue weighted by Crippen LogP contribution is 3.02. The molecule has 7 nitrogen and oxygen atoms in total. The summed E-state index contributed by atoms with van der Waals surface area (Å²) in [7, 11) is -9.88. The molecule has 1 amide bonds. The molecule has 2 aliphatic heterocycles. The summed E-state index contributed by atoms with van der Waals surface area (Å²) in [5.41, 5.74) is 1.96. The van der Waals surface area contributed by atoms with Gasteiger partial charge in [0.05, 0.1) is 18.7 Å². The Bertz CT molecular complexity index is 1480. The summed E-state index contributed by atoms with van der Waals surface area (Å²) < 4.78 is 73.3. The van der Waals surface area contributed by atoms with E-state index in [1.54, 1.807) is 0 Å². The Kier molecular flexibility index (Phi) is 7.90. The van der Waals surface area contributed by atoms with Crippen molar-refractivity contribution in [3.8, 4) is 0 Å². The van der Waals surface area contributed by atoms with Gasteiger partial charge in [0.2, 0.25) is 0 Å². The Hall–Kier alpha value is -3.03. The summed E-state index contributed by atoms with van der Waals surface area (Å²) in [5.74, 6) is -0.417. The van der Waals surface area contributed by atoms with Crippen molar-refractivity contribution in [2.24, 2.45) is 5.92 Å². The third-order valence-corrected chi connectivity index (χ3v) is 9.20. The minimum Gasteiger partial charge on any atom is -0.379 e. The Morgan fingerprint density at radius 3 is 2.40 bits per heavy atom. The van der Waals surface area contributed by atoms with Gasteiger partial charge in [-0.25, -0.2) is 0 Å². The Labute approximate surface area is 241 Å². The number of benzene rings is 2. The van der Waals surface area contributed by atoms with Crippen molar-refractivity contribution in [3.63, 3.8) is 0 Å². The first kappa shape index (κ1) is 30.4. The van der Waals surface area contributed by atoms with Crippen molar-refractivity contribution < 1.29 is 33.8 Å². The number of carbonyl (C=O) groups excluding carboxylic acids is 2. The van der Waals surface area contributed by atoms with Gasteiger partial charge in [-0.05, 0) is 74.5 Å². The fourth-order valence-electron chi connectivity index (χ4n) is 5.68. The number of ketones is 1. The number of likely N-dealkylation sites (tertiary alicyclic amines) is 1. The van der Waals surface area contributed by atoms with Gasteiger partial charge in [0.15, 0.2) is 5.78 Å². The molecule has 3 aromatic rings. The van der Waals surface area contributed by atoms with Crippen molar-refractivity contribution in [2.45, 2.75) is 44.0 Å². The van der Waals surface area contributed by atoms with Crippen LogP contribution in [-0.2, 0) is 11.3 Å². The van der Waals surface area contributed by atoms with Crippen molar-refractivity contribution >= 4 is 32.8 Å². The number of hydrogen-bond donors (Lipinski definition) is 0.